The maximum atomic E-state index is 12.9. The third-order valence-corrected chi connectivity index (χ3v) is 3.83. The van der Waals surface area contributed by atoms with Gasteiger partial charge < -0.3 is 15.4 Å². The minimum absolute atomic E-state index is 0.00347. The Hall–Kier alpha value is -3.10. The average Bonchev–Trinajstić information content (AvgIpc) is 2.66. The van der Waals surface area contributed by atoms with Crippen LogP contribution in [0.15, 0.2) is 42.6 Å². The molecule has 0 saturated heterocycles. The molecule has 9 heteroatoms. The largest absolute Gasteiger partial charge is 0.452 e. The number of alkyl halides is 3. The monoisotopic (exact) mass is 395 g/mol. The summed E-state index contributed by atoms with van der Waals surface area (Å²) in [6, 6.07) is 7.33. The first-order valence-corrected chi connectivity index (χ1v) is 8.56. The van der Waals surface area contributed by atoms with E-state index in [1.807, 2.05) is 13.8 Å². The lowest BCUT2D eigenvalue weighted by atomic mass is 10.2. The second kappa shape index (κ2) is 9.20. The molecule has 2 rings (SSSR count). The van der Waals surface area contributed by atoms with E-state index in [-0.39, 0.29) is 23.1 Å². The van der Waals surface area contributed by atoms with Crippen LogP contribution < -0.4 is 10.6 Å². The molecule has 6 nitrogen and oxygen atoms in total. The minimum atomic E-state index is -4.49. The predicted octanol–water partition coefficient (Wildman–Crippen LogP) is 3.92. The highest BCUT2D eigenvalue weighted by molar-refractivity contribution is 5.96. The van der Waals surface area contributed by atoms with Gasteiger partial charge in [0, 0.05) is 17.9 Å². The topological polar surface area (TPSA) is 80.3 Å². The zero-order valence-electron chi connectivity index (χ0n) is 15.3. The zero-order valence-corrected chi connectivity index (χ0v) is 15.3. The number of hydrogen-bond donors (Lipinski definition) is 2. The highest BCUT2D eigenvalue weighted by Gasteiger charge is 2.30. The Balaban J connectivity index is 2.10. The summed E-state index contributed by atoms with van der Waals surface area (Å²) in [7, 11) is 0. The number of pyridine rings is 1. The quantitative estimate of drug-likeness (QED) is 0.695. The summed E-state index contributed by atoms with van der Waals surface area (Å²) in [5.74, 6) is -1.24. The van der Waals surface area contributed by atoms with Gasteiger partial charge in [-0.15, -0.1) is 0 Å². The molecule has 1 heterocycles. The highest BCUT2D eigenvalue weighted by atomic mass is 19.4. The summed E-state index contributed by atoms with van der Waals surface area (Å²) < 4.78 is 43.5. The van der Waals surface area contributed by atoms with E-state index >= 15 is 0 Å². The fourth-order valence-corrected chi connectivity index (χ4v) is 2.21. The Kier molecular flexibility index (Phi) is 6.97. The van der Waals surface area contributed by atoms with Crippen LogP contribution in [0.4, 0.5) is 24.7 Å². The molecule has 1 aromatic carbocycles. The van der Waals surface area contributed by atoms with Crippen LogP contribution in [-0.4, -0.2) is 29.5 Å². The number of amides is 1. The first-order valence-electron chi connectivity index (χ1n) is 8.56. The number of carbonyl (C=O) groups excluding carboxylic acids is 2. The molecule has 1 aromatic heterocycles. The van der Waals surface area contributed by atoms with Crippen molar-refractivity contribution in [2.24, 2.45) is 0 Å². The minimum Gasteiger partial charge on any atom is -0.452 e. The van der Waals surface area contributed by atoms with E-state index in [9.17, 15) is 22.8 Å². The Morgan fingerprint density at radius 2 is 1.96 bits per heavy atom. The van der Waals surface area contributed by atoms with E-state index < -0.39 is 30.2 Å². The first kappa shape index (κ1) is 21.2. The van der Waals surface area contributed by atoms with Crippen molar-refractivity contribution >= 4 is 23.4 Å². The number of carbonyl (C=O) groups is 2. The van der Waals surface area contributed by atoms with Crippen molar-refractivity contribution in [3.63, 3.8) is 0 Å². The van der Waals surface area contributed by atoms with Gasteiger partial charge in [-0.3, -0.25) is 4.79 Å². The van der Waals surface area contributed by atoms with Crippen molar-refractivity contribution in [2.45, 2.75) is 32.5 Å². The van der Waals surface area contributed by atoms with Gasteiger partial charge in [0.25, 0.3) is 5.91 Å². The zero-order chi connectivity index (χ0) is 20.7. The van der Waals surface area contributed by atoms with Crippen molar-refractivity contribution in [3.8, 4) is 0 Å². The molecule has 1 amide bonds. The molecular formula is C19H20F3N3O3. The van der Waals surface area contributed by atoms with Gasteiger partial charge in [-0.1, -0.05) is 13.0 Å². The second-order valence-electron chi connectivity index (χ2n) is 6.06. The summed E-state index contributed by atoms with van der Waals surface area (Å²) in [4.78, 5) is 28.0. The van der Waals surface area contributed by atoms with Crippen molar-refractivity contribution in [1.82, 2.24) is 10.3 Å². The summed E-state index contributed by atoms with van der Waals surface area (Å²) in [5.41, 5.74) is -0.729. The molecule has 2 N–H and O–H groups in total. The number of nitrogens with one attached hydrogen (secondary N) is 2. The number of ether oxygens (including phenoxy) is 1. The van der Waals surface area contributed by atoms with Gasteiger partial charge >= 0.3 is 12.1 Å². The van der Waals surface area contributed by atoms with Gasteiger partial charge in [0.15, 0.2) is 6.61 Å². The lowest BCUT2D eigenvalue weighted by molar-refractivity contribution is -0.137. The summed E-state index contributed by atoms with van der Waals surface area (Å²) in [6.07, 6.45) is -2.39. The number of aromatic nitrogens is 1. The first-order chi connectivity index (χ1) is 13.2. The maximum absolute atomic E-state index is 12.9. The molecular weight excluding hydrogens is 375 g/mol. The van der Waals surface area contributed by atoms with Gasteiger partial charge in [0.1, 0.15) is 11.4 Å². The maximum Gasteiger partial charge on any atom is 0.416 e. The Bertz CT molecular complexity index is 840. The number of hydrogen-bond acceptors (Lipinski definition) is 5. The van der Waals surface area contributed by atoms with Gasteiger partial charge in [-0.25, -0.2) is 9.78 Å². The molecule has 0 radical (unpaired) electrons. The molecule has 0 aliphatic heterocycles. The number of benzene rings is 1. The predicted molar refractivity (Wildman–Crippen MR) is 97.1 cm³/mol. The van der Waals surface area contributed by atoms with E-state index in [0.29, 0.717) is 0 Å². The van der Waals surface area contributed by atoms with Crippen LogP contribution in [0, 0.1) is 0 Å². The van der Waals surface area contributed by atoms with E-state index in [1.54, 1.807) is 0 Å². The molecule has 1 atom stereocenters. The smallest absolute Gasteiger partial charge is 0.416 e. The summed E-state index contributed by atoms with van der Waals surface area (Å²) in [5, 5.41) is 5.34. The lowest BCUT2D eigenvalue weighted by Crippen LogP contribution is -2.35. The number of anilines is 2. The molecule has 0 unspecified atom stereocenters. The highest BCUT2D eigenvalue weighted by Crippen LogP contribution is 2.31. The van der Waals surface area contributed by atoms with Crippen molar-refractivity contribution < 1.29 is 27.5 Å². The third kappa shape index (κ3) is 5.97. The fourth-order valence-electron chi connectivity index (χ4n) is 2.21. The molecule has 0 aliphatic carbocycles. The van der Waals surface area contributed by atoms with Crippen LogP contribution in [0.5, 0.6) is 0 Å². The Morgan fingerprint density at radius 1 is 1.21 bits per heavy atom. The molecule has 0 spiro atoms. The van der Waals surface area contributed by atoms with Gasteiger partial charge in [-0.2, -0.15) is 13.2 Å². The van der Waals surface area contributed by atoms with Crippen LogP contribution in [0.3, 0.4) is 0 Å². The Morgan fingerprint density at radius 3 is 2.64 bits per heavy atom. The summed E-state index contributed by atoms with van der Waals surface area (Å²) in [6.45, 7) is 3.25. The SMILES string of the molecule is CC[C@@H](C)NC(=O)COC(=O)c1cccnc1Nc1cccc(C(F)(F)F)c1. The second-order valence-corrected chi connectivity index (χ2v) is 6.06. The number of rotatable bonds is 7. The van der Waals surface area contributed by atoms with Crippen LogP contribution in [0.25, 0.3) is 0 Å². The third-order valence-electron chi connectivity index (χ3n) is 3.83. The Labute approximate surface area is 160 Å². The molecule has 0 aliphatic rings. The van der Waals surface area contributed by atoms with Crippen molar-refractivity contribution in [3.05, 3.63) is 53.7 Å². The standard InChI is InChI=1S/C19H20F3N3O3/c1-3-12(2)24-16(26)11-28-18(27)15-8-5-9-23-17(15)25-14-7-4-6-13(10-14)19(20,21)22/h4-10,12H,3,11H2,1-2H3,(H,23,25)(H,24,26)/t12-/m1/s1. The average molecular weight is 395 g/mol. The molecule has 0 bridgehead atoms. The lowest BCUT2D eigenvalue weighted by Gasteiger charge is -2.13. The molecule has 150 valence electrons. The summed E-state index contributed by atoms with van der Waals surface area (Å²) >= 11 is 0. The molecule has 28 heavy (non-hydrogen) atoms. The van der Waals surface area contributed by atoms with Crippen LogP contribution in [-0.2, 0) is 15.7 Å². The van der Waals surface area contributed by atoms with Gasteiger partial charge in [-0.05, 0) is 43.7 Å². The van der Waals surface area contributed by atoms with E-state index in [0.717, 1.165) is 18.6 Å². The van der Waals surface area contributed by atoms with E-state index in [2.05, 4.69) is 15.6 Å². The van der Waals surface area contributed by atoms with E-state index in [4.69, 9.17) is 4.74 Å². The molecule has 0 saturated carbocycles. The van der Waals surface area contributed by atoms with Crippen molar-refractivity contribution in [1.29, 1.82) is 0 Å². The number of halogens is 3. The normalized spacial score (nSPS) is 12.2. The van der Waals surface area contributed by atoms with Gasteiger partial charge in [0.2, 0.25) is 0 Å². The number of esters is 1. The van der Waals surface area contributed by atoms with Gasteiger partial charge in [0.05, 0.1) is 5.56 Å². The van der Waals surface area contributed by atoms with E-state index in [1.165, 1.54) is 30.5 Å². The van der Waals surface area contributed by atoms with Crippen LogP contribution in [0.1, 0.15) is 36.2 Å². The fraction of sp³-hybridized carbons (Fsp3) is 0.316. The molecule has 0 fully saturated rings. The molecule has 2 aromatic rings. The van der Waals surface area contributed by atoms with Crippen molar-refractivity contribution in [2.75, 3.05) is 11.9 Å². The van der Waals surface area contributed by atoms with Crippen LogP contribution in [0.2, 0.25) is 0 Å². The van der Waals surface area contributed by atoms with Crippen LogP contribution >= 0.6 is 0 Å². The number of nitrogens with zero attached hydrogens (tertiary/aromatic N) is 1.